The number of methoxy groups -OCH3 is 1. The van der Waals surface area contributed by atoms with Crippen molar-refractivity contribution in [2.75, 3.05) is 13.7 Å². The highest BCUT2D eigenvalue weighted by atomic mass is 16.6. The molecule has 3 N–H and O–H groups in total. The topological polar surface area (TPSA) is 152 Å². The standard InChI is InChI=1S/C27H25N5O6/c1-4-28-27(34)22-14(2)30-26-24(23(22)18-6-5-11-29-18)25(33)19(31-26)13-16-8-10-20(38-16)17-9-7-15(32(35)36)12-21(17)37-3/h5-13,23-24,29H,4H2,1-3H3,(H,28,34)(H,30,31)/b19-13+. The van der Waals surface area contributed by atoms with E-state index in [0.29, 0.717) is 40.7 Å². The monoisotopic (exact) mass is 515 g/mol. The van der Waals surface area contributed by atoms with Crippen molar-refractivity contribution in [1.82, 2.24) is 15.6 Å². The number of ether oxygens (including phenoxy) is 1. The average Bonchev–Trinajstić information content (AvgIpc) is 3.65. The summed E-state index contributed by atoms with van der Waals surface area (Å²) in [6, 6.07) is 11.3. The number of ketones is 1. The molecule has 11 heteroatoms. The number of allylic oxidation sites excluding steroid dienone is 2. The summed E-state index contributed by atoms with van der Waals surface area (Å²) in [5.74, 6) is -0.184. The Morgan fingerprint density at radius 1 is 1.26 bits per heavy atom. The molecule has 0 saturated heterocycles. The Hall–Kier alpha value is -4.93. The van der Waals surface area contributed by atoms with Crippen molar-refractivity contribution in [3.63, 3.8) is 0 Å². The molecule has 2 unspecified atom stereocenters. The minimum Gasteiger partial charge on any atom is -0.496 e. The number of aromatic amines is 1. The van der Waals surface area contributed by atoms with Crippen LogP contribution in [0.2, 0.25) is 0 Å². The van der Waals surface area contributed by atoms with Gasteiger partial charge in [-0.2, -0.15) is 0 Å². The van der Waals surface area contributed by atoms with Gasteiger partial charge in [-0.05, 0) is 44.2 Å². The van der Waals surface area contributed by atoms with Crippen LogP contribution in [-0.4, -0.2) is 41.1 Å². The summed E-state index contributed by atoms with van der Waals surface area (Å²) < 4.78 is 11.3. The van der Waals surface area contributed by atoms with E-state index in [-0.39, 0.29) is 28.8 Å². The van der Waals surface area contributed by atoms with Crippen LogP contribution in [0.25, 0.3) is 17.4 Å². The molecule has 194 valence electrons. The number of hydrogen-bond donors (Lipinski definition) is 3. The summed E-state index contributed by atoms with van der Waals surface area (Å²) in [5, 5.41) is 17.1. The molecule has 2 aromatic heterocycles. The van der Waals surface area contributed by atoms with E-state index < -0.39 is 16.8 Å². The smallest absolute Gasteiger partial charge is 0.273 e. The van der Waals surface area contributed by atoms with Gasteiger partial charge in [0.25, 0.3) is 5.69 Å². The van der Waals surface area contributed by atoms with E-state index in [4.69, 9.17) is 9.15 Å². The Bertz CT molecular complexity index is 1530. The maximum Gasteiger partial charge on any atom is 0.273 e. The number of amides is 1. The number of nitro benzene ring substituents is 1. The van der Waals surface area contributed by atoms with Gasteiger partial charge in [0.15, 0.2) is 5.78 Å². The number of nitrogens with zero attached hydrogens (tertiary/aromatic N) is 2. The number of fused-ring (bicyclic) bond motifs is 1. The molecular weight excluding hydrogens is 490 g/mol. The Morgan fingerprint density at radius 3 is 2.76 bits per heavy atom. The first-order valence-electron chi connectivity index (χ1n) is 12.0. The van der Waals surface area contributed by atoms with Crippen molar-refractivity contribution in [2.45, 2.75) is 19.8 Å². The predicted molar refractivity (Wildman–Crippen MR) is 139 cm³/mol. The molecule has 3 aromatic rings. The lowest BCUT2D eigenvalue weighted by Gasteiger charge is -2.32. The molecule has 11 nitrogen and oxygen atoms in total. The van der Waals surface area contributed by atoms with Crippen LogP contribution in [0, 0.1) is 16.0 Å². The number of non-ortho nitro benzene ring substituents is 1. The number of carbonyl (C=O) groups is 2. The molecule has 0 bridgehead atoms. The molecule has 0 aliphatic carbocycles. The van der Waals surface area contributed by atoms with Crippen molar-refractivity contribution < 1.29 is 23.7 Å². The number of Topliss-reactive ketones (excluding diaryl/α,β-unsaturated/α-hetero) is 1. The van der Waals surface area contributed by atoms with Crippen LogP contribution >= 0.6 is 0 Å². The molecule has 5 rings (SSSR count). The lowest BCUT2D eigenvalue weighted by Crippen LogP contribution is -2.44. The molecule has 4 heterocycles. The molecule has 38 heavy (non-hydrogen) atoms. The lowest BCUT2D eigenvalue weighted by molar-refractivity contribution is -0.384. The fourth-order valence-corrected chi connectivity index (χ4v) is 4.86. The number of carbonyl (C=O) groups excluding carboxylic acids is 2. The zero-order valence-corrected chi connectivity index (χ0v) is 20.9. The zero-order chi connectivity index (χ0) is 27.0. The molecule has 2 aliphatic heterocycles. The second kappa shape index (κ2) is 9.85. The van der Waals surface area contributed by atoms with Crippen LogP contribution in [0.15, 0.2) is 75.0 Å². The van der Waals surface area contributed by atoms with E-state index in [2.05, 4.69) is 20.6 Å². The lowest BCUT2D eigenvalue weighted by atomic mass is 9.77. The Balaban J connectivity index is 1.48. The van der Waals surface area contributed by atoms with Gasteiger partial charge >= 0.3 is 0 Å². The summed E-state index contributed by atoms with van der Waals surface area (Å²) in [6.07, 6.45) is 3.30. The second-order valence-corrected chi connectivity index (χ2v) is 8.84. The normalized spacial score (nSPS) is 19.7. The SMILES string of the molecule is CCNC(=O)C1=C(C)NC2=N/C(=C/c3ccc(-c4ccc([N+](=O)[O-])cc4OC)o3)C(=O)C2C1c1ccc[nH]1. The number of nitrogens with one attached hydrogen (secondary N) is 3. The average molecular weight is 516 g/mol. The molecule has 0 radical (unpaired) electrons. The van der Waals surface area contributed by atoms with Crippen LogP contribution < -0.4 is 15.4 Å². The number of nitro groups is 1. The largest absolute Gasteiger partial charge is 0.496 e. The number of benzene rings is 1. The minimum atomic E-state index is -0.703. The first-order chi connectivity index (χ1) is 18.3. The van der Waals surface area contributed by atoms with Gasteiger partial charge in [-0.1, -0.05) is 0 Å². The van der Waals surface area contributed by atoms with Crippen molar-refractivity contribution in [3.05, 3.63) is 87.2 Å². The molecular formula is C27H25N5O6. The Labute approximate surface area is 217 Å². The van der Waals surface area contributed by atoms with Crippen LogP contribution in [-0.2, 0) is 9.59 Å². The van der Waals surface area contributed by atoms with Gasteiger partial charge in [-0.25, -0.2) is 4.99 Å². The van der Waals surface area contributed by atoms with Crippen LogP contribution in [0.1, 0.15) is 31.2 Å². The molecule has 1 amide bonds. The fraction of sp³-hybridized carbons (Fsp3) is 0.222. The van der Waals surface area contributed by atoms with Crippen LogP contribution in [0.5, 0.6) is 5.75 Å². The van der Waals surface area contributed by atoms with E-state index >= 15 is 0 Å². The number of H-pyrrole nitrogens is 1. The minimum absolute atomic E-state index is 0.102. The van der Waals surface area contributed by atoms with Gasteiger partial charge in [0.1, 0.15) is 28.8 Å². The number of aromatic nitrogens is 1. The number of amidine groups is 1. The number of furan rings is 1. The second-order valence-electron chi connectivity index (χ2n) is 8.84. The molecule has 2 atom stereocenters. The van der Waals surface area contributed by atoms with Crippen LogP contribution in [0.3, 0.4) is 0 Å². The van der Waals surface area contributed by atoms with Gasteiger partial charge in [0.2, 0.25) is 5.91 Å². The number of rotatable bonds is 7. The van der Waals surface area contributed by atoms with Crippen molar-refractivity contribution >= 4 is 29.3 Å². The van der Waals surface area contributed by atoms with Crippen molar-refractivity contribution in [2.24, 2.45) is 10.9 Å². The number of aliphatic imine (C=N–C) groups is 1. The van der Waals surface area contributed by atoms with Gasteiger partial charge in [0, 0.05) is 47.8 Å². The third-order valence-electron chi connectivity index (χ3n) is 6.54. The van der Waals surface area contributed by atoms with E-state index in [1.54, 1.807) is 37.4 Å². The predicted octanol–water partition coefficient (Wildman–Crippen LogP) is 3.93. The number of hydrogen-bond acceptors (Lipinski definition) is 8. The van der Waals surface area contributed by atoms with Crippen molar-refractivity contribution in [3.8, 4) is 17.1 Å². The van der Waals surface area contributed by atoms with Gasteiger partial charge in [0.05, 0.1) is 29.6 Å². The van der Waals surface area contributed by atoms with E-state index in [0.717, 1.165) is 5.69 Å². The van der Waals surface area contributed by atoms with E-state index in [1.807, 2.05) is 19.1 Å². The van der Waals surface area contributed by atoms with Gasteiger partial charge < -0.3 is 24.8 Å². The third-order valence-corrected chi connectivity index (χ3v) is 6.54. The quantitative estimate of drug-likeness (QED) is 0.245. The molecule has 0 fully saturated rings. The Morgan fingerprint density at radius 2 is 2.08 bits per heavy atom. The Kier molecular flexibility index (Phi) is 6.41. The molecule has 0 saturated carbocycles. The molecule has 0 spiro atoms. The van der Waals surface area contributed by atoms with E-state index in [9.17, 15) is 19.7 Å². The molecule has 1 aromatic carbocycles. The maximum atomic E-state index is 13.6. The zero-order valence-electron chi connectivity index (χ0n) is 20.9. The maximum absolute atomic E-state index is 13.6. The van der Waals surface area contributed by atoms with Gasteiger partial charge in [-0.3, -0.25) is 19.7 Å². The summed E-state index contributed by atoms with van der Waals surface area (Å²) in [6.45, 7) is 4.09. The third kappa shape index (κ3) is 4.27. The van der Waals surface area contributed by atoms with E-state index in [1.165, 1.54) is 19.2 Å². The number of likely N-dealkylation sites (N-methyl/N-ethyl adjacent to an activating group) is 1. The highest BCUT2D eigenvalue weighted by Gasteiger charge is 2.47. The summed E-state index contributed by atoms with van der Waals surface area (Å²) in [4.78, 5) is 44.9. The highest BCUT2D eigenvalue weighted by molar-refractivity contribution is 6.22. The van der Waals surface area contributed by atoms with Crippen LogP contribution in [0.4, 0.5) is 5.69 Å². The summed E-state index contributed by atoms with van der Waals surface area (Å²) in [5.41, 5.74) is 2.47. The highest BCUT2D eigenvalue weighted by Crippen LogP contribution is 2.42. The summed E-state index contributed by atoms with van der Waals surface area (Å²) in [7, 11) is 1.42. The fourth-order valence-electron chi connectivity index (χ4n) is 4.86. The summed E-state index contributed by atoms with van der Waals surface area (Å²) >= 11 is 0. The van der Waals surface area contributed by atoms with Gasteiger partial charge in [-0.15, -0.1) is 0 Å². The molecule has 2 aliphatic rings. The first kappa shape index (κ1) is 24.8. The van der Waals surface area contributed by atoms with Crippen molar-refractivity contribution in [1.29, 1.82) is 0 Å². The first-order valence-corrected chi connectivity index (χ1v) is 12.0.